The summed E-state index contributed by atoms with van der Waals surface area (Å²) in [5.74, 6) is 0.552. The molecule has 0 N–H and O–H groups in total. The van der Waals surface area contributed by atoms with Crippen LogP contribution in [0.25, 0.3) is 10.9 Å². The number of benzene rings is 1. The van der Waals surface area contributed by atoms with Crippen LogP contribution in [-0.4, -0.2) is 67.1 Å². The van der Waals surface area contributed by atoms with Crippen LogP contribution in [0.15, 0.2) is 24.4 Å². The largest absolute Gasteiger partial charge is 0.369 e. The van der Waals surface area contributed by atoms with Crippen molar-refractivity contribution in [1.82, 2.24) is 14.8 Å². The molecule has 5 nitrogen and oxygen atoms in total. The summed E-state index contributed by atoms with van der Waals surface area (Å²) >= 11 is 6.35. The molecule has 4 rings (SSSR count). The highest BCUT2D eigenvalue weighted by Crippen LogP contribution is 2.35. The number of anilines is 1. The first-order chi connectivity index (χ1) is 13.1. The second kappa shape index (κ2) is 7.63. The molecule has 0 radical (unpaired) electrons. The lowest BCUT2D eigenvalue weighted by molar-refractivity contribution is 0.0738. The summed E-state index contributed by atoms with van der Waals surface area (Å²) in [6, 6.07) is 8.79. The van der Waals surface area contributed by atoms with E-state index < -0.39 is 0 Å². The fourth-order valence-corrected chi connectivity index (χ4v) is 4.85. The maximum Gasteiger partial charge on any atom is 0.103 e. The number of piperidine rings is 1. The predicted molar refractivity (Wildman–Crippen MR) is 110 cm³/mol. The fourth-order valence-electron chi connectivity index (χ4n) is 4.63. The molecule has 142 valence electrons. The summed E-state index contributed by atoms with van der Waals surface area (Å²) in [5, 5.41) is 11.3. The Morgan fingerprint density at radius 1 is 1.19 bits per heavy atom. The number of halogens is 1. The molecule has 2 aliphatic rings. The van der Waals surface area contributed by atoms with Crippen molar-refractivity contribution in [3.8, 4) is 6.07 Å². The Hall–Kier alpha value is -1.87. The van der Waals surface area contributed by atoms with Crippen molar-refractivity contribution in [3.63, 3.8) is 0 Å². The normalized spacial score (nSPS) is 24.9. The number of likely N-dealkylation sites (N-methyl/N-ethyl adjacent to an activating group) is 1. The Labute approximate surface area is 166 Å². The number of nitrogens with zero attached hydrogens (tertiary/aromatic N) is 5. The maximum atomic E-state index is 9.66. The van der Waals surface area contributed by atoms with Crippen molar-refractivity contribution in [2.75, 3.05) is 51.2 Å². The lowest BCUT2D eigenvalue weighted by Gasteiger charge is -2.46. The molecular weight excluding hydrogens is 358 g/mol. The van der Waals surface area contributed by atoms with Crippen molar-refractivity contribution in [2.24, 2.45) is 5.92 Å². The van der Waals surface area contributed by atoms with Gasteiger partial charge in [-0.3, -0.25) is 9.88 Å². The van der Waals surface area contributed by atoms with Crippen LogP contribution in [-0.2, 0) is 0 Å². The second-order valence-corrected chi connectivity index (χ2v) is 8.29. The first kappa shape index (κ1) is 18.5. The Morgan fingerprint density at radius 3 is 2.67 bits per heavy atom. The van der Waals surface area contributed by atoms with Crippen LogP contribution in [0.2, 0.25) is 5.02 Å². The van der Waals surface area contributed by atoms with Crippen molar-refractivity contribution in [1.29, 1.82) is 5.26 Å². The Bertz CT molecular complexity index is 869. The van der Waals surface area contributed by atoms with Gasteiger partial charge in [0.15, 0.2) is 0 Å². The molecule has 2 aromatic rings. The van der Waals surface area contributed by atoms with Gasteiger partial charge in [-0.25, -0.2) is 0 Å². The molecule has 0 saturated carbocycles. The Balaban J connectivity index is 1.61. The van der Waals surface area contributed by atoms with E-state index >= 15 is 0 Å². The molecule has 0 aliphatic carbocycles. The smallest absolute Gasteiger partial charge is 0.103 e. The third kappa shape index (κ3) is 3.50. The van der Waals surface area contributed by atoms with Gasteiger partial charge in [0, 0.05) is 56.9 Å². The van der Waals surface area contributed by atoms with Crippen molar-refractivity contribution in [2.45, 2.75) is 19.4 Å². The molecule has 1 aromatic carbocycles. The topological polar surface area (TPSA) is 46.4 Å². The lowest BCUT2D eigenvalue weighted by Crippen LogP contribution is -2.55. The van der Waals surface area contributed by atoms with E-state index in [4.69, 9.17) is 11.6 Å². The number of rotatable bonds is 2. The monoisotopic (exact) mass is 383 g/mol. The van der Waals surface area contributed by atoms with Crippen LogP contribution in [0.5, 0.6) is 0 Å². The number of piperazine rings is 1. The molecule has 27 heavy (non-hydrogen) atoms. The zero-order valence-corrected chi connectivity index (χ0v) is 16.8. The minimum atomic E-state index is 0.552. The summed E-state index contributed by atoms with van der Waals surface area (Å²) in [6.07, 6.45) is 2.79. The van der Waals surface area contributed by atoms with Crippen LogP contribution < -0.4 is 4.90 Å². The number of nitriles is 1. The minimum absolute atomic E-state index is 0.552. The van der Waals surface area contributed by atoms with Crippen LogP contribution >= 0.6 is 11.6 Å². The summed E-state index contributed by atoms with van der Waals surface area (Å²) in [5.41, 5.74) is 2.41. The first-order valence-corrected chi connectivity index (χ1v) is 10.1. The van der Waals surface area contributed by atoms with Gasteiger partial charge in [-0.2, -0.15) is 5.26 Å². The summed E-state index contributed by atoms with van der Waals surface area (Å²) < 4.78 is 0. The first-order valence-electron chi connectivity index (χ1n) is 9.73. The Kier molecular flexibility index (Phi) is 5.23. The zero-order chi connectivity index (χ0) is 19.0. The minimum Gasteiger partial charge on any atom is -0.369 e. The molecule has 0 bridgehead atoms. The van der Waals surface area contributed by atoms with E-state index in [2.05, 4.69) is 39.7 Å². The molecule has 1 aromatic heterocycles. The van der Waals surface area contributed by atoms with Crippen LogP contribution in [0, 0.1) is 17.2 Å². The highest BCUT2D eigenvalue weighted by molar-refractivity contribution is 6.35. The zero-order valence-electron chi connectivity index (χ0n) is 16.0. The standard InChI is InChI=1S/C21H26ClN5/c1-15-14-27(7-6-19(15)26-10-8-25(2)9-11-26)21-16(12-23)13-24-20-17(21)4-3-5-18(20)22/h3-5,13,15,19H,6-11,14H2,1-2H3. The molecule has 2 atom stereocenters. The van der Waals surface area contributed by atoms with Gasteiger partial charge in [0.25, 0.3) is 0 Å². The molecule has 2 aliphatic heterocycles. The predicted octanol–water partition coefficient (Wildman–Crippen LogP) is 3.22. The molecular formula is C21H26ClN5. The van der Waals surface area contributed by atoms with E-state index in [1.165, 1.54) is 0 Å². The fraction of sp³-hybridized carbons (Fsp3) is 0.524. The van der Waals surface area contributed by atoms with Gasteiger partial charge in [0.1, 0.15) is 6.07 Å². The number of para-hydroxylation sites is 1. The Morgan fingerprint density at radius 2 is 1.96 bits per heavy atom. The molecule has 2 saturated heterocycles. The van der Waals surface area contributed by atoms with E-state index in [0.717, 1.165) is 62.3 Å². The van der Waals surface area contributed by atoms with Gasteiger partial charge < -0.3 is 9.80 Å². The maximum absolute atomic E-state index is 9.66. The van der Waals surface area contributed by atoms with Gasteiger partial charge in [0.2, 0.25) is 0 Å². The van der Waals surface area contributed by atoms with Gasteiger partial charge in [-0.15, -0.1) is 0 Å². The molecule has 6 heteroatoms. The molecule has 2 unspecified atom stereocenters. The van der Waals surface area contributed by atoms with E-state index in [0.29, 0.717) is 22.5 Å². The van der Waals surface area contributed by atoms with Gasteiger partial charge >= 0.3 is 0 Å². The van der Waals surface area contributed by atoms with Gasteiger partial charge in [-0.1, -0.05) is 30.7 Å². The SMILES string of the molecule is CC1CN(c2c(C#N)cnc3c(Cl)cccc23)CCC1N1CCN(C)CC1. The van der Waals surface area contributed by atoms with E-state index in [9.17, 15) is 5.26 Å². The molecule has 3 heterocycles. The third-order valence-corrected chi connectivity index (χ3v) is 6.43. The number of pyridine rings is 1. The number of hydrogen-bond acceptors (Lipinski definition) is 5. The molecule has 0 amide bonds. The van der Waals surface area contributed by atoms with Crippen molar-refractivity contribution >= 4 is 28.2 Å². The highest BCUT2D eigenvalue weighted by atomic mass is 35.5. The van der Waals surface area contributed by atoms with Crippen molar-refractivity contribution < 1.29 is 0 Å². The number of fused-ring (bicyclic) bond motifs is 1. The number of aromatic nitrogens is 1. The summed E-state index contributed by atoms with van der Waals surface area (Å²) in [6.45, 7) is 8.88. The van der Waals surface area contributed by atoms with E-state index in [-0.39, 0.29) is 0 Å². The van der Waals surface area contributed by atoms with E-state index in [1.54, 1.807) is 6.20 Å². The van der Waals surface area contributed by atoms with Crippen LogP contribution in [0.1, 0.15) is 18.9 Å². The number of hydrogen-bond donors (Lipinski definition) is 0. The van der Waals surface area contributed by atoms with E-state index in [1.807, 2.05) is 18.2 Å². The lowest BCUT2D eigenvalue weighted by atomic mass is 9.90. The highest BCUT2D eigenvalue weighted by Gasteiger charge is 2.33. The summed E-state index contributed by atoms with van der Waals surface area (Å²) in [4.78, 5) is 11.9. The quantitative estimate of drug-likeness (QED) is 0.796. The molecule has 2 fully saturated rings. The van der Waals surface area contributed by atoms with Gasteiger partial charge in [-0.05, 0) is 25.5 Å². The second-order valence-electron chi connectivity index (χ2n) is 7.89. The van der Waals surface area contributed by atoms with Crippen molar-refractivity contribution in [3.05, 3.63) is 35.0 Å². The van der Waals surface area contributed by atoms with Gasteiger partial charge in [0.05, 0.1) is 21.8 Å². The molecule has 0 spiro atoms. The average Bonchev–Trinajstić information content (AvgIpc) is 2.68. The third-order valence-electron chi connectivity index (χ3n) is 6.12. The van der Waals surface area contributed by atoms with Crippen LogP contribution in [0.3, 0.4) is 0 Å². The summed E-state index contributed by atoms with van der Waals surface area (Å²) in [7, 11) is 2.20. The average molecular weight is 384 g/mol. The van der Waals surface area contributed by atoms with Crippen LogP contribution in [0.4, 0.5) is 5.69 Å².